The fourth-order valence-corrected chi connectivity index (χ4v) is 1.81. The van der Waals surface area contributed by atoms with Crippen LogP contribution in [-0.4, -0.2) is 29.1 Å². The molecule has 0 aromatic heterocycles. The van der Waals surface area contributed by atoms with Crippen LogP contribution in [0, 0.1) is 13.8 Å². The summed E-state index contributed by atoms with van der Waals surface area (Å²) >= 11 is 0. The highest BCUT2D eigenvalue weighted by Crippen LogP contribution is 2.14. The number of hydrogen-bond acceptors (Lipinski definition) is 4. The molecule has 0 bridgehead atoms. The van der Waals surface area contributed by atoms with E-state index in [9.17, 15) is 14.7 Å². The molecule has 4 nitrogen and oxygen atoms in total. The minimum atomic E-state index is -1.41. The Balaban J connectivity index is 2.71. The van der Waals surface area contributed by atoms with Gasteiger partial charge in [-0.2, -0.15) is 0 Å². The van der Waals surface area contributed by atoms with E-state index in [0.717, 1.165) is 11.1 Å². The van der Waals surface area contributed by atoms with E-state index in [1.54, 1.807) is 19.9 Å². The molecule has 0 saturated heterocycles. The molecule has 0 aliphatic heterocycles. The number of benzene rings is 1. The molecule has 104 valence electrons. The van der Waals surface area contributed by atoms with E-state index in [1.807, 2.05) is 26.0 Å². The summed E-state index contributed by atoms with van der Waals surface area (Å²) in [6.45, 7) is 7.16. The molecule has 4 heteroatoms. The number of Topliss-reactive ketones (excluding diaryl/α,β-unsaturated/α-hetero) is 1. The molecular formula is C15H20O4. The number of ether oxygens (including phenoxy) is 1. The number of aliphatic hydroxyl groups excluding tert-OH is 1. The SMILES string of the molecule is Cc1ccc(C(=O)C[C@@H](O)C(=O)OC(C)C)c(C)c1. The summed E-state index contributed by atoms with van der Waals surface area (Å²) in [5.74, 6) is -1.01. The van der Waals surface area contributed by atoms with E-state index in [-0.39, 0.29) is 18.3 Å². The van der Waals surface area contributed by atoms with Gasteiger partial charge in [-0.05, 0) is 33.3 Å². The van der Waals surface area contributed by atoms with Crippen LogP contribution in [0.2, 0.25) is 0 Å². The first-order chi connectivity index (χ1) is 8.81. The maximum Gasteiger partial charge on any atom is 0.335 e. The van der Waals surface area contributed by atoms with Gasteiger partial charge in [0.15, 0.2) is 11.9 Å². The van der Waals surface area contributed by atoms with E-state index < -0.39 is 12.1 Å². The lowest BCUT2D eigenvalue weighted by atomic mass is 9.99. The average Bonchev–Trinajstić information content (AvgIpc) is 2.27. The Kier molecular flexibility index (Phi) is 5.24. The van der Waals surface area contributed by atoms with Crippen LogP contribution in [-0.2, 0) is 9.53 Å². The minimum Gasteiger partial charge on any atom is -0.461 e. The normalized spacial score (nSPS) is 12.3. The molecule has 0 heterocycles. The Hall–Kier alpha value is -1.68. The van der Waals surface area contributed by atoms with Crippen LogP contribution in [0.15, 0.2) is 18.2 Å². The van der Waals surface area contributed by atoms with Crippen LogP contribution in [0.5, 0.6) is 0 Å². The van der Waals surface area contributed by atoms with Gasteiger partial charge in [-0.1, -0.05) is 23.8 Å². The van der Waals surface area contributed by atoms with Crippen molar-refractivity contribution in [1.82, 2.24) is 0 Å². The first-order valence-corrected chi connectivity index (χ1v) is 6.30. The lowest BCUT2D eigenvalue weighted by molar-refractivity contribution is -0.157. The summed E-state index contributed by atoms with van der Waals surface area (Å²) < 4.78 is 4.86. The van der Waals surface area contributed by atoms with Crippen molar-refractivity contribution in [3.8, 4) is 0 Å². The molecule has 1 N–H and O–H groups in total. The van der Waals surface area contributed by atoms with Gasteiger partial charge in [0.05, 0.1) is 6.10 Å². The summed E-state index contributed by atoms with van der Waals surface area (Å²) in [7, 11) is 0. The summed E-state index contributed by atoms with van der Waals surface area (Å²) in [4.78, 5) is 23.4. The second-order valence-electron chi connectivity index (χ2n) is 4.95. The molecular weight excluding hydrogens is 244 g/mol. The molecule has 0 aliphatic rings. The maximum absolute atomic E-state index is 12.0. The van der Waals surface area contributed by atoms with Crippen molar-refractivity contribution in [3.05, 3.63) is 34.9 Å². The smallest absolute Gasteiger partial charge is 0.335 e. The molecule has 0 fully saturated rings. The summed E-state index contributed by atoms with van der Waals surface area (Å²) in [6, 6.07) is 5.44. The molecule has 0 spiro atoms. The quantitative estimate of drug-likeness (QED) is 0.654. The lowest BCUT2D eigenvalue weighted by Crippen LogP contribution is -2.28. The molecule has 0 saturated carbocycles. The van der Waals surface area contributed by atoms with Crippen LogP contribution in [0.1, 0.15) is 41.8 Å². The minimum absolute atomic E-state index is 0.255. The Morgan fingerprint density at radius 2 is 1.89 bits per heavy atom. The number of hydrogen-bond donors (Lipinski definition) is 1. The zero-order valence-electron chi connectivity index (χ0n) is 11.8. The molecule has 0 aliphatic carbocycles. The van der Waals surface area contributed by atoms with E-state index in [1.165, 1.54) is 0 Å². The Bertz CT molecular complexity index is 477. The van der Waals surface area contributed by atoms with Gasteiger partial charge in [0, 0.05) is 12.0 Å². The number of carbonyl (C=O) groups excluding carboxylic acids is 2. The standard InChI is InChI=1S/C15H20O4/c1-9(2)19-15(18)14(17)8-13(16)12-6-5-10(3)7-11(12)4/h5-7,9,14,17H,8H2,1-4H3/t14-/m1/s1. The lowest BCUT2D eigenvalue weighted by Gasteiger charge is -2.13. The number of rotatable bonds is 5. The fraction of sp³-hybridized carbons (Fsp3) is 0.467. The molecule has 19 heavy (non-hydrogen) atoms. The van der Waals surface area contributed by atoms with Crippen molar-refractivity contribution < 1.29 is 19.4 Å². The van der Waals surface area contributed by atoms with E-state index in [4.69, 9.17) is 4.74 Å². The van der Waals surface area contributed by atoms with Gasteiger partial charge in [0.2, 0.25) is 0 Å². The largest absolute Gasteiger partial charge is 0.461 e. The first kappa shape index (κ1) is 15.4. The summed E-state index contributed by atoms with van der Waals surface area (Å²) in [6.07, 6.45) is -1.97. The number of carbonyl (C=O) groups is 2. The van der Waals surface area contributed by atoms with Gasteiger partial charge in [0.1, 0.15) is 0 Å². The molecule has 0 amide bonds. The maximum atomic E-state index is 12.0. The zero-order valence-corrected chi connectivity index (χ0v) is 11.8. The molecule has 1 aromatic rings. The predicted octanol–water partition coefficient (Wildman–Crippen LogP) is 2.19. The number of aryl methyl sites for hydroxylation is 2. The average molecular weight is 264 g/mol. The second kappa shape index (κ2) is 6.48. The fourth-order valence-electron chi connectivity index (χ4n) is 1.81. The van der Waals surface area contributed by atoms with Gasteiger partial charge in [-0.25, -0.2) is 4.79 Å². The third-order valence-corrected chi connectivity index (χ3v) is 2.68. The van der Waals surface area contributed by atoms with Crippen LogP contribution in [0.4, 0.5) is 0 Å². The van der Waals surface area contributed by atoms with Gasteiger partial charge in [-0.15, -0.1) is 0 Å². The van der Waals surface area contributed by atoms with Gasteiger partial charge >= 0.3 is 5.97 Å². The second-order valence-corrected chi connectivity index (χ2v) is 4.95. The summed E-state index contributed by atoms with van der Waals surface area (Å²) in [5.41, 5.74) is 2.44. The van der Waals surface area contributed by atoms with E-state index in [2.05, 4.69) is 0 Å². The van der Waals surface area contributed by atoms with Gasteiger partial charge < -0.3 is 9.84 Å². The zero-order chi connectivity index (χ0) is 14.6. The van der Waals surface area contributed by atoms with Gasteiger partial charge in [0.25, 0.3) is 0 Å². The number of ketones is 1. The molecule has 1 atom stereocenters. The number of aliphatic hydroxyl groups is 1. The number of esters is 1. The van der Waals surface area contributed by atoms with E-state index in [0.29, 0.717) is 5.56 Å². The van der Waals surface area contributed by atoms with Crippen LogP contribution >= 0.6 is 0 Å². The highest BCUT2D eigenvalue weighted by Gasteiger charge is 2.22. The molecule has 1 aromatic carbocycles. The molecule has 1 rings (SSSR count). The monoisotopic (exact) mass is 264 g/mol. The third kappa shape index (κ3) is 4.48. The highest BCUT2D eigenvalue weighted by atomic mass is 16.6. The van der Waals surface area contributed by atoms with Crippen LogP contribution in [0.3, 0.4) is 0 Å². The Morgan fingerprint density at radius 3 is 2.42 bits per heavy atom. The highest BCUT2D eigenvalue weighted by molar-refractivity contribution is 5.99. The molecule has 0 radical (unpaired) electrons. The van der Waals surface area contributed by atoms with Crippen molar-refractivity contribution in [2.45, 2.75) is 46.3 Å². The topological polar surface area (TPSA) is 63.6 Å². The predicted molar refractivity (Wildman–Crippen MR) is 72.1 cm³/mol. The van der Waals surface area contributed by atoms with Crippen molar-refractivity contribution in [2.24, 2.45) is 0 Å². The Labute approximate surface area is 113 Å². The summed E-state index contributed by atoms with van der Waals surface area (Å²) in [5, 5.41) is 9.65. The van der Waals surface area contributed by atoms with Crippen LogP contribution < -0.4 is 0 Å². The Morgan fingerprint density at radius 1 is 1.26 bits per heavy atom. The van der Waals surface area contributed by atoms with Crippen LogP contribution in [0.25, 0.3) is 0 Å². The molecule has 0 unspecified atom stereocenters. The van der Waals surface area contributed by atoms with Crippen molar-refractivity contribution >= 4 is 11.8 Å². The van der Waals surface area contributed by atoms with Crippen molar-refractivity contribution in [3.63, 3.8) is 0 Å². The van der Waals surface area contributed by atoms with E-state index >= 15 is 0 Å². The van der Waals surface area contributed by atoms with Gasteiger partial charge in [-0.3, -0.25) is 4.79 Å². The van der Waals surface area contributed by atoms with Crippen molar-refractivity contribution in [1.29, 1.82) is 0 Å². The third-order valence-electron chi connectivity index (χ3n) is 2.68. The van der Waals surface area contributed by atoms with Crippen molar-refractivity contribution in [2.75, 3.05) is 0 Å². The first-order valence-electron chi connectivity index (χ1n) is 6.30.